The summed E-state index contributed by atoms with van der Waals surface area (Å²) < 4.78 is 7.05. The maximum Gasteiger partial charge on any atom is 0.338 e. The van der Waals surface area contributed by atoms with Gasteiger partial charge in [-0.15, -0.1) is 0 Å². The number of aliphatic hydroxyl groups excluding tert-OH is 1. The molecule has 1 aromatic heterocycles. The fourth-order valence-corrected chi connectivity index (χ4v) is 2.82. The van der Waals surface area contributed by atoms with Crippen LogP contribution in [0.2, 0.25) is 0 Å². The number of aliphatic hydroxyl groups is 1. The first-order valence-electron chi connectivity index (χ1n) is 8.34. The Morgan fingerprint density at radius 2 is 2.32 bits per heavy atom. The molecular formula is C18H22N4O3. The molecule has 25 heavy (non-hydrogen) atoms. The number of hydrogen-bond donors (Lipinski definition) is 2. The third-order valence-corrected chi connectivity index (χ3v) is 4.19. The van der Waals surface area contributed by atoms with E-state index in [1.807, 2.05) is 29.7 Å². The number of anilines is 1. The summed E-state index contributed by atoms with van der Waals surface area (Å²) in [6.45, 7) is 5.03. The molecule has 1 aliphatic rings. The summed E-state index contributed by atoms with van der Waals surface area (Å²) in [5, 5.41) is 13.1. The topological polar surface area (TPSA) is 88.7 Å². The Morgan fingerprint density at radius 3 is 3.12 bits per heavy atom. The summed E-state index contributed by atoms with van der Waals surface area (Å²) in [5.74, 6) is 0.464. The minimum absolute atomic E-state index is 0.292. The van der Waals surface area contributed by atoms with Crippen molar-refractivity contribution in [2.75, 3.05) is 18.5 Å². The predicted octanol–water partition coefficient (Wildman–Crippen LogP) is 2.10. The van der Waals surface area contributed by atoms with Gasteiger partial charge in [0.15, 0.2) is 0 Å². The van der Waals surface area contributed by atoms with Gasteiger partial charge in [0.25, 0.3) is 0 Å². The largest absolute Gasteiger partial charge is 0.462 e. The van der Waals surface area contributed by atoms with Crippen molar-refractivity contribution in [3.8, 4) is 0 Å². The number of ether oxygens (including phenoxy) is 1. The molecule has 0 radical (unpaired) electrons. The minimum atomic E-state index is -0.697. The molecule has 0 amide bonds. The molecule has 0 spiro atoms. The third-order valence-electron chi connectivity index (χ3n) is 4.19. The molecule has 2 N–H and O–H groups in total. The van der Waals surface area contributed by atoms with Gasteiger partial charge in [-0.3, -0.25) is 4.99 Å². The molecule has 2 aromatic rings. The van der Waals surface area contributed by atoms with Crippen LogP contribution in [0.25, 0.3) is 0 Å². The van der Waals surface area contributed by atoms with Crippen molar-refractivity contribution in [2.24, 2.45) is 4.99 Å². The third kappa shape index (κ3) is 3.71. The van der Waals surface area contributed by atoms with Gasteiger partial charge in [0.05, 0.1) is 31.4 Å². The second-order valence-electron chi connectivity index (χ2n) is 5.95. The molecule has 1 atom stereocenters. The number of nitrogens with one attached hydrogen (secondary N) is 1. The Balaban J connectivity index is 1.75. The van der Waals surface area contributed by atoms with E-state index in [1.165, 1.54) is 0 Å². The molecule has 7 nitrogen and oxygen atoms in total. The molecule has 3 rings (SSSR count). The van der Waals surface area contributed by atoms with Crippen molar-refractivity contribution < 1.29 is 14.6 Å². The van der Waals surface area contributed by atoms with E-state index in [-0.39, 0.29) is 5.97 Å². The van der Waals surface area contributed by atoms with Crippen molar-refractivity contribution in [1.29, 1.82) is 0 Å². The zero-order chi connectivity index (χ0) is 17.8. The van der Waals surface area contributed by atoms with Crippen molar-refractivity contribution in [3.63, 3.8) is 0 Å². The number of aryl methyl sites for hydroxylation is 3. The lowest BCUT2D eigenvalue weighted by atomic mass is 10.0. The van der Waals surface area contributed by atoms with Crippen LogP contribution in [0.15, 0.2) is 29.5 Å². The van der Waals surface area contributed by atoms with E-state index < -0.39 is 6.10 Å². The summed E-state index contributed by atoms with van der Waals surface area (Å²) in [6, 6.07) is 5.83. The maximum atomic E-state index is 12.0. The smallest absolute Gasteiger partial charge is 0.338 e. The fourth-order valence-electron chi connectivity index (χ4n) is 2.82. The molecule has 2 heterocycles. The average Bonchev–Trinajstić information content (AvgIpc) is 2.91. The number of aromatic nitrogens is 2. The molecule has 0 fully saturated rings. The molecule has 0 saturated carbocycles. The Labute approximate surface area is 146 Å². The highest BCUT2D eigenvalue weighted by molar-refractivity contribution is 5.91. The van der Waals surface area contributed by atoms with Crippen LogP contribution in [0.4, 0.5) is 5.82 Å². The first-order valence-corrected chi connectivity index (χ1v) is 8.34. The van der Waals surface area contributed by atoms with E-state index in [0.717, 1.165) is 23.4 Å². The van der Waals surface area contributed by atoms with E-state index in [4.69, 9.17) is 4.74 Å². The monoisotopic (exact) mass is 342 g/mol. The summed E-state index contributed by atoms with van der Waals surface area (Å²) >= 11 is 0. The molecule has 0 aliphatic carbocycles. The van der Waals surface area contributed by atoms with Crippen LogP contribution in [-0.2, 0) is 17.7 Å². The zero-order valence-electron chi connectivity index (χ0n) is 14.4. The highest BCUT2D eigenvalue weighted by Crippen LogP contribution is 2.24. The number of fused-ring (bicyclic) bond motifs is 1. The van der Waals surface area contributed by atoms with E-state index in [2.05, 4.69) is 15.3 Å². The van der Waals surface area contributed by atoms with E-state index in [1.54, 1.807) is 19.6 Å². The second-order valence-corrected chi connectivity index (χ2v) is 5.95. The maximum absolute atomic E-state index is 12.0. The van der Waals surface area contributed by atoms with E-state index in [9.17, 15) is 9.90 Å². The van der Waals surface area contributed by atoms with Gasteiger partial charge in [-0.05, 0) is 37.5 Å². The quantitative estimate of drug-likeness (QED) is 0.812. The van der Waals surface area contributed by atoms with Crippen molar-refractivity contribution in [1.82, 2.24) is 9.55 Å². The molecule has 1 aromatic carbocycles. The second kappa shape index (κ2) is 7.48. The lowest BCUT2D eigenvalue weighted by Crippen LogP contribution is -2.09. The highest BCUT2D eigenvalue weighted by atomic mass is 16.5. The number of nitrogens with zero attached hydrogens (tertiary/aromatic N) is 3. The van der Waals surface area contributed by atoms with E-state index in [0.29, 0.717) is 31.0 Å². The fraction of sp³-hybridized carbons (Fsp3) is 0.389. The number of benzene rings is 1. The van der Waals surface area contributed by atoms with Crippen LogP contribution in [-0.4, -0.2) is 40.1 Å². The Morgan fingerprint density at radius 1 is 1.48 bits per heavy atom. The van der Waals surface area contributed by atoms with Crippen LogP contribution in [0, 0.1) is 6.92 Å². The first-order chi connectivity index (χ1) is 12.1. The standard InChI is InChI=1S/C18H22N4O3/c1-3-25-18(24)14-8-13(5-4-12(14)2)6-7-22-11-21-16-15(23)9-19-10-20-17(16)22/h4-5,8,10-11,15,23H,3,6-7,9H2,1-2H3,(H,19,20). The van der Waals surface area contributed by atoms with Gasteiger partial charge in [0, 0.05) is 6.54 Å². The number of rotatable bonds is 5. The Kier molecular flexibility index (Phi) is 5.14. The van der Waals surface area contributed by atoms with Crippen LogP contribution in [0.5, 0.6) is 0 Å². The van der Waals surface area contributed by atoms with Crippen LogP contribution >= 0.6 is 0 Å². The van der Waals surface area contributed by atoms with Gasteiger partial charge >= 0.3 is 5.97 Å². The number of carbonyl (C=O) groups excluding carboxylic acids is 1. The molecular weight excluding hydrogens is 320 g/mol. The number of aliphatic imine (C=N–C) groups is 1. The molecule has 1 unspecified atom stereocenters. The van der Waals surface area contributed by atoms with E-state index >= 15 is 0 Å². The normalized spacial score (nSPS) is 16.0. The minimum Gasteiger partial charge on any atom is -0.462 e. The lowest BCUT2D eigenvalue weighted by Gasteiger charge is -2.11. The average molecular weight is 342 g/mol. The van der Waals surface area contributed by atoms with Gasteiger partial charge < -0.3 is 19.7 Å². The van der Waals surface area contributed by atoms with Gasteiger partial charge in [-0.2, -0.15) is 0 Å². The van der Waals surface area contributed by atoms with Crippen LogP contribution in [0.3, 0.4) is 0 Å². The number of imidazole rings is 1. The number of esters is 1. The molecule has 7 heteroatoms. The SMILES string of the molecule is CCOC(=O)c1cc(CCn2cnc3c2NC=NCC3O)ccc1C. The summed E-state index contributed by atoms with van der Waals surface area (Å²) in [7, 11) is 0. The van der Waals surface area contributed by atoms with Gasteiger partial charge in [-0.1, -0.05) is 12.1 Å². The summed E-state index contributed by atoms with van der Waals surface area (Å²) in [6.07, 6.45) is 3.32. The molecule has 132 valence electrons. The summed E-state index contributed by atoms with van der Waals surface area (Å²) in [4.78, 5) is 20.4. The van der Waals surface area contributed by atoms with Gasteiger partial charge in [0.1, 0.15) is 17.6 Å². The first kappa shape index (κ1) is 17.2. The van der Waals surface area contributed by atoms with Crippen LogP contribution in [0.1, 0.15) is 40.2 Å². The highest BCUT2D eigenvalue weighted by Gasteiger charge is 2.20. The Hall–Kier alpha value is -2.67. The lowest BCUT2D eigenvalue weighted by molar-refractivity contribution is 0.0525. The number of carbonyl (C=O) groups is 1. The molecule has 1 aliphatic heterocycles. The van der Waals surface area contributed by atoms with Crippen molar-refractivity contribution >= 4 is 18.1 Å². The van der Waals surface area contributed by atoms with Gasteiger partial charge in [-0.25, -0.2) is 9.78 Å². The van der Waals surface area contributed by atoms with Crippen LogP contribution < -0.4 is 5.32 Å². The van der Waals surface area contributed by atoms with Crippen molar-refractivity contribution in [3.05, 3.63) is 46.9 Å². The van der Waals surface area contributed by atoms with Crippen molar-refractivity contribution in [2.45, 2.75) is 32.9 Å². The zero-order valence-corrected chi connectivity index (χ0v) is 14.4. The van der Waals surface area contributed by atoms with Gasteiger partial charge in [0.2, 0.25) is 0 Å². The molecule has 0 saturated heterocycles. The molecule has 0 bridgehead atoms. The summed E-state index contributed by atoms with van der Waals surface area (Å²) in [5.41, 5.74) is 3.15. The Bertz CT molecular complexity index is 798. The predicted molar refractivity (Wildman–Crippen MR) is 95.0 cm³/mol. The number of hydrogen-bond acceptors (Lipinski definition) is 6.